The zero-order valence-corrected chi connectivity index (χ0v) is 10.5. The topological polar surface area (TPSA) is 53.1 Å². The van der Waals surface area contributed by atoms with E-state index in [4.69, 9.17) is 10.5 Å². The van der Waals surface area contributed by atoms with E-state index in [0.717, 1.165) is 56.4 Å². The van der Waals surface area contributed by atoms with Gasteiger partial charge in [-0.15, -0.1) is 6.58 Å². The maximum atomic E-state index is 6.19. The van der Waals surface area contributed by atoms with Crippen LogP contribution in [0.1, 0.15) is 37.2 Å². The third-order valence-electron chi connectivity index (χ3n) is 3.29. The number of nitrogens with two attached hydrogens (primary N) is 1. The van der Waals surface area contributed by atoms with Crippen LogP contribution in [0.5, 0.6) is 0 Å². The van der Waals surface area contributed by atoms with Gasteiger partial charge in [0.2, 0.25) is 0 Å². The number of nitrogens with zero attached hydrogens (tertiary/aromatic N) is 2. The van der Waals surface area contributed by atoms with Crippen molar-refractivity contribution in [3.05, 3.63) is 24.2 Å². The van der Waals surface area contributed by atoms with Gasteiger partial charge in [-0.1, -0.05) is 13.0 Å². The second-order valence-corrected chi connectivity index (χ2v) is 4.47. The van der Waals surface area contributed by atoms with Crippen LogP contribution in [0, 0.1) is 0 Å². The number of aryl methyl sites for hydroxylation is 1. The Kier molecular flexibility index (Phi) is 3.84. The van der Waals surface area contributed by atoms with Gasteiger partial charge in [0, 0.05) is 25.5 Å². The monoisotopic (exact) mass is 235 g/mol. The van der Waals surface area contributed by atoms with Crippen molar-refractivity contribution < 1.29 is 4.74 Å². The molecule has 2 heterocycles. The number of hydrogen-bond donors (Lipinski definition) is 1. The standard InChI is InChI=1S/C13H21N3O/c1-3-7-16-11(4-2)15-12(13(16)14)10-6-5-8-17-9-10/h3,10H,1,4-9,14H2,2H3. The molecule has 1 fully saturated rings. The molecule has 0 radical (unpaired) electrons. The van der Waals surface area contributed by atoms with Crippen molar-refractivity contribution in [2.75, 3.05) is 18.9 Å². The van der Waals surface area contributed by atoms with Gasteiger partial charge in [0.25, 0.3) is 0 Å². The van der Waals surface area contributed by atoms with E-state index in [2.05, 4.69) is 23.1 Å². The van der Waals surface area contributed by atoms with Crippen molar-refractivity contribution in [2.45, 2.75) is 38.6 Å². The SMILES string of the molecule is C=CCn1c(CC)nc(C2CCCOC2)c1N. The molecule has 1 aliphatic heterocycles. The van der Waals surface area contributed by atoms with Gasteiger partial charge < -0.3 is 15.0 Å². The fourth-order valence-electron chi connectivity index (χ4n) is 2.39. The lowest BCUT2D eigenvalue weighted by atomic mass is 9.98. The molecular formula is C13H21N3O. The van der Waals surface area contributed by atoms with E-state index < -0.39 is 0 Å². The van der Waals surface area contributed by atoms with Crippen molar-refractivity contribution in [1.82, 2.24) is 9.55 Å². The van der Waals surface area contributed by atoms with Gasteiger partial charge in [0.1, 0.15) is 11.6 Å². The van der Waals surface area contributed by atoms with Crippen LogP contribution >= 0.6 is 0 Å². The summed E-state index contributed by atoms with van der Waals surface area (Å²) in [6.07, 6.45) is 4.97. The molecule has 1 atom stereocenters. The number of anilines is 1. The molecule has 1 aromatic heterocycles. The fourth-order valence-corrected chi connectivity index (χ4v) is 2.39. The van der Waals surface area contributed by atoms with Crippen LogP contribution in [-0.2, 0) is 17.7 Å². The number of ether oxygens (including phenoxy) is 1. The second kappa shape index (κ2) is 5.36. The first-order valence-corrected chi connectivity index (χ1v) is 6.31. The van der Waals surface area contributed by atoms with Crippen LogP contribution in [-0.4, -0.2) is 22.8 Å². The minimum atomic E-state index is 0.361. The number of allylic oxidation sites excluding steroid dienone is 1. The minimum Gasteiger partial charge on any atom is -0.384 e. The van der Waals surface area contributed by atoms with Gasteiger partial charge in [-0.05, 0) is 12.8 Å². The van der Waals surface area contributed by atoms with E-state index in [1.54, 1.807) is 0 Å². The molecule has 1 unspecified atom stereocenters. The highest BCUT2D eigenvalue weighted by Gasteiger charge is 2.23. The number of aromatic nitrogens is 2. The normalized spacial score (nSPS) is 20.4. The molecule has 0 aromatic carbocycles. The summed E-state index contributed by atoms with van der Waals surface area (Å²) in [6.45, 7) is 8.21. The van der Waals surface area contributed by atoms with Gasteiger partial charge in [0.15, 0.2) is 0 Å². The van der Waals surface area contributed by atoms with Gasteiger partial charge >= 0.3 is 0 Å². The van der Waals surface area contributed by atoms with Crippen LogP contribution in [0.25, 0.3) is 0 Å². The molecule has 2 N–H and O–H groups in total. The first-order valence-electron chi connectivity index (χ1n) is 6.31. The molecule has 0 bridgehead atoms. The molecule has 0 amide bonds. The predicted molar refractivity (Wildman–Crippen MR) is 69.0 cm³/mol. The Hall–Kier alpha value is -1.29. The molecule has 0 spiro atoms. The molecular weight excluding hydrogens is 214 g/mol. The number of hydrogen-bond acceptors (Lipinski definition) is 3. The summed E-state index contributed by atoms with van der Waals surface area (Å²) in [4.78, 5) is 4.68. The third-order valence-corrected chi connectivity index (χ3v) is 3.29. The zero-order chi connectivity index (χ0) is 12.3. The summed E-state index contributed by atoms with van der Waals surface area (Å²) in [5, 5.41) is 0. The molecule has 0 saturated carbocycles. The highest BCUT2D eigenvalue weighted by atomic mass is 16.5. The fraction of sp³-hybridized carbons (Fsp3) is 0.615. The van der Waals surface area contributed by atoms with Crippen molar-refractivity contribution in [3.8, 4) is 0 Å². The summed E-state index contributed by atoms with van der Waals surface area (Å²) in [5.41, 5.74) is 7.21. The summed E-state index contributed by atoms with van der Waals surface area (Å²) in [5.74, 6) is 2.19. The molecule has 1 aliphatic rings. The maximum Gasteiger partial charge on any atom is 0.127 e. The van der Waals surface area contributed by atoms with Gasteiger partial charge in [-0.25, -0.2) is 4.98 Å². The zero-order valence-electron chi connectivity index (χ0n) is 10.5. The van der Waals surface area contributed by atoms with Crippen molar-refractivity contribution in [1.29, 1.82) is 0 Å². The molecule has 4 nitrogen and oxygen atoms in total. The van der Waals surface area contributed by atoms with E-state index in [1.165, 1.54) is 0 Å². The summed E-state index contributed by atoms with van der Waals surface area (Å²) in [6, 6.07) is 0. The Labute approximate surface area is 102 Å². The Balaban J connectivity index is 2.30. The Morgan fingerprint density at radius 3 is 3.06 bits per heavy atom. The predicted octanol–water partition coefficient (Wildman–Crippen LogP) is 2.11. The second-order valence-electron chi connectivity index (χ2n) is 4.47. The molecule has 17 heavy (non-hydrogen) atoms. The van der Waals surface area contributed by atoms with E-state index in [1.807, 2.05) is 6.08 Å². The molecule has 1 saturated heterocycles. The average Bonchev–Trinajstić information content (AvgIpc) is 2.69. The summed E-state index contributed by atoms with van der Waals surface area (Å²) >= 11 is 0. The largest absolute Gasteiger partial charge is 0.384 e. The highest BCUT2D eigenvalue weighted by Crippen LogP contribution is 2.29. The van der Waals surface area contributed by atoms with Crippen LogP contribution in [0.2, 0.25) is 0 Å². The van der Waals surface area contributed by atoms with E-state index in [9.17, 15) is 0 Å². The highest BCUT2D eigenvalue weighted by molar-refractivity contribution is 5.41. The quantitative estimate of drug-likeness (QED) is 0.813. The van der Waals surface area contributed by atoms with Crippen LogP contribution in [0.15, 0.2) is 12.7 Å². The van der Waals surface area contributed by atoms with Gasteiger partial charge in [-0.2, -0.15) is 0 Å². The average molecular weight is 235 g/mol. The summed E-state index contributed by atoms with van der Waals surface area (Å²) in [7, 11) is 0. The molecule has 1 aromatic rings. The summed E-state index contributed by atoms with van der Waals surface area (Å²) < 4.78 is 7.56. The number of rotatable bonds is 4. The smallest absolute Gasteiger partial charge is 0.127 e. The lowest BCUT2D eigenvalue weighted by molar-refractivity contribution is 0.0796. The van der Waals surface area contributed by atoms with Crippen molar-refractivity contribution in [2.24, 2.45) is 0 Å². The molecule has 0 aliphatic carbocycles. The Morgan fingerprint density at radius 2 is 2.47 bits per heavy atom. The van der Waals surface area contributed by atoms with E-state index in [-0.39, 0.29) is 0 Å². The van der Waals surface area contributed by atoms with Gasteiger partial charge in [0.05, 0.1) is 12.3 Å². The first-order chi connectivity index (χ1) is 8.27. The molecule has 2 rings (SSSR count). The van der Waals surface area contributed by atoms with Gasteiger partial charge in [-0.3, -0.25) is 0 Å². The lowest BCUT2D eigenvalue weighted by Crippen LogP contribution is -2.17. The van der Waals surface area contributed by atoms with Crippen molar-refractivity contribution >= 4 is 5.82 Å². The third kappa shape index (κ3) is 2.36. The van der Waals surface area contributed by atoms with Crippen LogP contribution in [0.3, 0.4) is 0 Å². The van der Waals surface area contributed by atoms with E-state index >= 15 is 0 Å². The first kappa shape index (κ1) is 12.2. The van der Waals surface area contributed by atoms with Crippen LogP contribution in [0.4, 0.5) is 5.82 Å². The molecule has 94 valence electrons. The Bertz CT molecular complexity index is 392. The lowest BCUT2D eigenvalue weighted by Gasteiger charge is -2.20. The maximum absolute atomic E-state index is 6.19. The molecule has 4 heteroatoms. The Morgan fingerprint density at radius 1 is 1.65 bits per heavy atom. The number of nitrogen functional groups attached to an aromatic ring is 1. The van der Waals surface area contributed by atoms with Crippen molar-refractivity contribution in [3.63, 3.8) is 0 Å². The minimum absolute atomic E-state index is 0.361. The van der Waals surface area contributed by atoms with Crippen LogP contribution < -0.4 is 5.73 Å². The van der Waals surface area contributed by atoms with E-state index in [0.29, 0.717) is 5.92 Å². The number of imidazole rings is 1.